The van der Waals surface area contributed by atoms with Crippen molar-refractivity contribution in [1.82, 2.24) is 0 Å². The van der Waals surface area contributed by atoms with Crippen molar-refractivity contribution in [3.05, 3.63) is 0 Å². The highest BCUT2D eigenvalue weighted by Gasteiger charge is 2.49. The zero-order chi connectivity index (χ0) is 18.2. The van der Waals surface area contributed by atoms with Gasteiger partial charge >= 0.3 is 27.5 Å². The Morgan fingerprint density at radius 2 is 1.84 bits per heavy atom. The second kappa shape index (κ2) is 7.23. The molecule has 3 rings (SSSR count). The Kier molecular flexibility index (Phi) is 5.39. The molecule has 0 aromatic rings. The maximum atomic E-state index is 12.6. The van der Waals surface area contributed by atoms with Gasteiger partial charge in [0.25, 0.3) is 0 Å². The minimum atomic E-state index is -4.88. The highest BCUT2D eigenvalue weighted by atomic mass is 32.2. The second-order valence-electron chi connectivity index (χ2n) is 7.73. The maximum absolute atomic E-state index is 12.6. The zero-order valence-corrected chi connectivity index (χ0v) is 15.2. The fraction of sp³-hybridized carbons (Fsp3) is 0.882. The van der Waals surface area contributed by atoms with Crippen LogP contribution < -0.4 is 0 Å². The smallest absolute Gasteiger partial charge is 0.366 e. The van der Waals surface area contributed by atoms with Gasteiger partial charge in [0.2, 0.25) is 0 Å². The van der Waals surface area contributed by atoms with Crippen molar-refractivity contribution in [3.8, 4) is 0 Å². The standard InChI is InChI=1S/C17H26O7S/c1-2-5-23-16(19)17(25(20,21)22)24-15(18)14-9-11-6-10-3-4-13(14)12(7-10)8-11/h10-14,17H,2-9H2,1H3,(H,20,21,22). The average Bonchev–Trinajstić information content (AvgIpc) is 2.53. The van der Waals surface area contributed by atoms with Crippen LogP contribution in [0.4, 0.5) is 0 Å². The average molecular weight is 374 g/mol. The third-order valence-corrected chi connectivity index (χ3v) is 6.82. The van der Waals surface area contributed by atoms with Crippen molar-refractivity contribution in [2.24, 2.45) is 29.6 Å². The number of hydrogen-bond donors (Lipinski definition) is 1. The van der Waals surface area contributed by atoms with E-state index in [-0.39, 0.29) is 12.5 Å². The summed E-state index contributed by atoms with van der Waals surface area (Å²) in [6, 6.07) is 0. The normalized spacial score (nSPS) is 35.0. The molecule has 0 saturated heterocycles. The predicted molar refractivity (Wildman–Crippen MR) is 87.8 cm³/mol. The summed E-state index contributed by atoms with van der Waals surface area (Å²) in [5.74, 6) is -0.434. The Hall–Kier alpha value is -1.15. The number of carbonyl (C=O) groups is 2. The molecule has 3 aliphatic rings. The monoisotopic (exact) mass is 374 g/mol. The van der Waals surface area contributed by atoms with Gasteiger partial charge in [-0.15, -0.1) is 0 Å². The van der Waals surface area contributed by atoms with E-state index in [0.717, 1.165) is 38.0 Å². The predicted octanol–water partition coefficient (Wildman–Crippen LogP) is 2.16. The van der Waals surface area contributed by atoms with E-state index in [0.29, 0.717) is 24.7 Å². The van der Waals surface area contributed by atoms with Crippen molar-refractivity contribution < 1.29 is 32.0 Å². The quantitative estimate of drug-likeness (QED) is 0.561. The summed E-state index contributed by atoms with van der Waals surface area (Å²) >= 11 is 0. The van der Waals surface area contributed by atoms with Crippen LogP contribution >= 0.6 is 0 Å². The summed E-state index contributed by atoms with van der Waals surface area (Å²) in [6.07, 6.45) is 6.59. The Morgan fingerprint density at radius 1 is 1.12 bits per heavy atom. The van der Waals surface area contributed by atoms with Crippen LogP contribution in [0.5, 0.6) is 0 Å². The lowest BCUT2D eigenvalue weighted by atomic mass is 9.54. The molecule has 0 aromatic heterocycles. The van der Waals surface area contributed by atoms with Crippen molar-refractivity contribution in [2.75, 3.05) is 6.61 Å². The van der Waals surface area contributed by atoms with E-state index >= 15 is 0 Å². The molecular weight excluding hydrogens is 348 g/mol. The lowest BCUT2D eigenvalue weighted by molar-refractivity contribution is -0.170. The van der Waals surface area contributed by atoms with Crippen molar-refractivity contribution >= 4 is 22.1 Å². The molecule has 3 saturated carbocycles. The van der Waals surface area contributed by atoms with Gasteiger partial charge in [0, 0.05) is 0 Å². The summed E-state index contributed by atoms with van der Waals surface area (Å²) in [5, 5.41) is 0. The number of hydrogen-bond acceptors (Lipinski definition) is 6. The van der Waals surface area contributed by atoms with E-state index in [2.05, 4.69) is 0 Å². The number of ether oxygens (including phenoxy) is 2. The molecule has 142 valence electrons. The molecule has 1 N–H and O–H groups in total. The highest BCUT2D eigenvalue weighted by Crippen LogP contribution is 2.54. The molecule has 0 heterocycles. The van der Waals surface area contributed by atoms with Crippen LogP contribution in [0.25, 0.3) is 0 Å². The van der Waals surface area contributed by atoms with Gasteiger partial charge in [-0.2, -0.15) is 8.42 Å². The fourth-order valence-electron chi connectivity index (χ4n) is 5.09. The Labute approximate surface area is 148 Å². The van der Waals surface area contributed by atoms with Gasteiger partial charge in [0.1, 0.15) is 0 Å². The van der Waals surface area contributed by atoms with Crippen LogP contribution in [0.1, 0.15) is 51.9 Å². The van der Waals surface area contributed by atoms with Gasteiger partial charge in [-0.25, -0.2) is 4.79 Å². The van der Waals surface area contributed by atoms with Gasteiger partial charge in [-0.1, -0.05) is 13.3 Å². The summed E-state index contributed by atoms with van der Waals surface area (Å²) in [5.41, 5.74) is -2.29. The number of fused-ring (bicyclic) bond motifs is 2. The molecular formula is C17H26O7S. The Morgan fingerprint density at radius 3 is 2.52 bits per heavy atom. The molecule has 8 heteroatoms. The third kappa shape index (κ3) is 4.00. The topological polar surface area (TPSA) is 107 Å². The Balaban J connectivity index is 1.71. The van der Waals surface area contributed by atoms with Crippen LogP contribution in [-0.2, 0) is 29.2 Å². The van der Waals surface area contributed by atoms with Crippen LogP contribution in [0, 0.1) is 29.6 Å². The molecule has 25 heavy (non-hydrogen) atoms. The van der Waals surface area contributed by atoms with E-state index < -0.39 is 33.4 Å². The molecule has 0 amide bonds. The minimum Gasteiger partial charge on any atom is -0.462 e. The minimum absolute atomic E-state index is 0.00000599. The summed E-state index contributed by atoms with van der Waals surface area (Å²) < 4.78 is 42.0. The molecule has 0 radical (unpaired) electrons. The van der Waals surface area contributed by atoms with Gasteiger partial charge in [0.05, 0.1) is 12.5 Å². The van der Waals surface area contributed by atoms with Crippen LogP contribution in [-0.4, -0.2) is 37.0 Å². The van der Waals surface area contributed by atoms with Crippen LogP contribution in [0.2, 0.25) is 0 Å². The van der Waals surface area contributed by atoms with Crippen molar-refractivity contribution in [1.29, 1.82) is 0 Å². The molecule has 0 aromatic carbocycles. The number of rotatable bonds is 6. The van der Waals surface area contributed by atoms with E-state index in [4.69, 9.17) is 9.47 Å². The molecule has 0 spiro atoms. The largest absolute Gasteiger partial charge is 0.462 e. The summed E-state index contributed by atoms with van der Waals surface area (Å²) in [6.45, 7) is 1.75. The second-order valence-corrected chi connectivity index (χ2v) is 9.19. The van der Waals surface area contributed by atoms with Gasteiger partial charge in [0.15, 0.2) is 0 Å². The Bertz CT molecular complexity index is 623. The zero-order valence-electron chi connectivity index (χ0n) is 14.4. The molecule has 3 aliphatic carbocycles. The van der Waals surface area contributed by atoms with Gasteiger partial charge in [-0.05, 0) is 62.2 Å². The first kappa shape index (κ1) is 18.6. The lowest BCUT2D eigenvalue weighted by Gasteiger charge is -2.51. The first-order chi connectivity index (χ1) is 11.8. The van der Waals surface area contributed by atoms with E-state index in [1.165, 1.54) is 0 Å². The van der Waals surface area contributed by atoms with Crippen LogP contribution in [0.3, 0.4) is 0 Å². The first-order valence-corrected chi connectivity index (χ1v) is 10.6. The number of esters is 2. The van der Waals surface area contributed by atoms with Crippen molar-refractivity contribution in [3.63, 3.8) is 0 Å². The fourth-order valence-corrected chi connectivity index (χ4v) is 5.61. The molecule has 7 nitrogen and oxygen atoms in total. The molecule has 6 unspecified atom stereocenters. The molecule has 0 aliphatic heterocycles. The van der Waals surface area contributed by atoms with Gasteiger partial charge in [-0.3, -0.25) is 9.35 Å². The molecule has 3 bridgehead atoms. The van der Waals surface area contributed by atoms with E-state index in [1.807, 2.05) is 0 Å². The maximum Gasteiger partial charge on any atom is 0.366 e. The van der Waals surface area contributed by atoms with E-state index in [1.54, 1.807) is 6.92 Å². The van der Waals surface area contributed by atoms with Crippen molar-refractivity contribution in [2.45, 2.75) is 57.3 Å². The number of carbonyl (C=O) groups excluding carboxylic acids is 2. The summed E-state index contributed by atoms with van der Waals surface area (Å²) in [4.78, 5) is 24.5. The van der Waals surface area contributed by atoms with E-state index in [9.17, 15) is 22.6 Å². The molecule has 6 atom stereocenters. The van der Waals surface area contributed by atoms with Gasteiger partial charge < -0.3 is 9.47 Å². The van der Waals surface area contributed by atoms with Crippen LogP contribution in [0.15, 0.2) is 0 Å². The SMILES string of the molecule is CCCOC(=O)C(OC(=O)C1CC2CC3CCC1C(C3)C2)S(=O)(=O)O. The summed E-state index contributed by atoms with van der Waals surface area (Å²) in [7, 11) is -4.88. The lowest BCUT2D eigenvalue weighted by Crippen LogP contribution is -2.47. The highest BCUT2D eigenvalue weighted by molar-refractivity contribution is 7.87. The third-order valence-electron chi connectivity index (χ3n) is 5.99. The first-order valence-electron chi connectivity index (χ1n) is 9.13. The molecule has 3 fully saturated rings.